The topological polar surface area (TPSA) is 88.1 Å². The molecule has 0 fully saturated rings. The van der Waals surface area contributed by atoms with E-state index in [1.165, 1.54) is 0 Å². The quantitative estimate of drug-likeness (QED) is 0.680. The lowest BCUT2D eigenvalue weighted by Crippen LogP contribution is -2.41. The first-order valence-electron chi connectivity index (χ1n) is 8.02. The van der Waals surface area contributed by atoms with Gasteiger partial charge < -0.3 is 19.9 Å². The standard InChI is InChI=1S/C17H26N2O5/c1-5-23-14-8-7-13(9-15(14)24-6-2)18-16(20)10-19(12(3)4)11-17(21)22/h7-9,12H,5-6,10-11H2,1-4H3,(H,18,20)(H,21,22). The third-order valence-corrected chi connectivity index (χ3v) is 3.24. The number of rotatable bonds is 10. The molecule has 0 heterocycles. The maximum Gasteiger partial charge on any atom is 0.317 e. The molecule has 24 heavy (non-hydrogen) atoms. The normalized spacial score (nSPS) is 10.8. The molecule has 1 aromatic rings. The van der Waals surface area contributed by atoms with E-state index >= 15 is 0 Å². The number of hydrogen-bond donors (Lipinski definition) is 2. The summed E-state index contributed by atoms with van der Waals surface area (Å²) in [6.07, 6.45) is 0. The van der Waals surface area contributed by atoms with Gasteiger partial charge in [-0.1, -0.05) is 0 Å². The molecule has 1 amide bonds. The van der Waals surface area contributed by atoms with Crippen LogP contribution in [-0.4, -0.2) is 54.2 Å². The SMILES string of the molecule is CCOc1ccc(NC(=O)CN(CC(=O)O)C(C)C)cc1OCC. The Bertz CT molecular complexity index is 560. The molecular formula is C17H26N2O5. The minimum atomic E-state index is -0.962. The number of nitrogens with one attached hydrogen (secondary N) is 1. The van der Waals surface area contributed by atoms with Gasteiger partial charge >= 0.3 is 5.97 Å². The van der Waals surface area contributed by atoms with E-state index in [9.17, 15) is 9.59 Å². The van der Waals surface area contributed by atoms with Crippen LogP contribution in [0, 0.1) is 0 Å². The number of carbonyl (C=O) groups excluding carboxylic acids is 1. The smallest absolute Gasteiger partial charge is 0.317 e. The third-order valence-electron chi connectivity index (χ3n) is 3.24. The number of benzene rings is 1. The number of nitrogens with zero attached hydrogens (tertiary/aromatic N) is 1. The van der Waals surface area contributed by atoms with Crippen molar-refractivity contribution in [3.63, 3.8) is 0 Å². The summed E-state index contributed by atoms with van der Waals surface area (Å²) in [7, 11) is 0. The molecule has 0 bridgehead atoms. The van der Waals surface area contributed by atoms with Crippen molar-refractivity contribution in [2.45, 2.75) is 33.7 Å². The van der Waals surface area contributed by atoms with E-state index in [1.54, 1.807) is 23.1 Å². The molecule has 0 aliphatic heterocycles. The molecule has 7 nitrogen and oxygen atoms in total. The highest BCUT2D eigenvalue weighted by molar-refractivity contribution is 5.92. The molecule has 0 radical (unpaired) electrons. The fourth-order valence-corrected chi connectivity index (χ4v) is 2.11. The van der Waals surface area contributed by atoms with E-state index in [2.05, 4.69) is 5.32 Å². The minimum Gasteiger partial charge on any atom is -0.490 e. The van der Waals surface area contributed by atoms with E-state index < -0.39 is 5.97 Å². The van der Waals surface area contributed by atoms with Gasteiger partial charge in [-0.3, -0.25) is 14.5 Å². The molecule has 0 atom stereocenters. The maximum atomic E-state index is 12.2. The van der Waals surface area contributed by atoms with Crippen molar-refractivity contribution in [2.24, 2.45) is 0 Å². The van der Waals surface area contributed by atoms with Gasteiger partial charge in [0.1, 0.15) is 0 Å². The Balaban J connectivity index is 2.78. The average molecular weight is 338 g/mol. The number of anilines is 1. The van der Waals surface area contributed by atoms with Gasteiger partial charge in [0.05, 0.1) is 26.3 Å². The van der Waals surface area contributed by atoms with Crippen LogP contribution in [0.1, 0.15) is 27.7 Å². The number of carboxylic acid groups (broad SMARTS) is 1. The molecule has 0 aliphatic carbocycles. The zero-order valence-corrected chi connectivity index (χ0v) is 14.7. The van der Waals surface area contributed by atoms with Gasteiger partial charge in [-0.15, -0.1) is 0 Å². The fourth-order valence-electron chi connectivity index (χ4n) is 2.11. The van der Waals surface area contributed by atoms with Gasteiger partial charge in [-0.25, -0.2) is 0 Å². The predicted molar refractivity (Wildman–Crippen MR) is 91.8 cm³/mol. The summed E-state index contributed by atoms with van der Waals surface area (Å²) < 4.78 is 11.0. The molecular weight excluding hydrogens is 312 g/mol. The van der Waals surface area contributed by atoms with Crippen LogP contribution < -0.4 is 14.8 Å². The summed E-state index contributed by atoms with van der Waals surface area (Å²) in [4.78, 5) is 24.6. The van der Waals surface area contributed by atoms with E-state index in [0.29, 0.717) is 30.4 Å². The van der Waals surface area contributed by atoms with Crippen LogP contribution in [0.2, 0.25) is 0 Å². The lowest BCUT2D eigenvalue weighted by molar-refractivity contribution is -0.139. The van der Waals surface area contributed by atoms with Crippen LogP contribution in [0.4, 0.5) is 5.69 Å². The molecule has 1 aromatic carbocycles. The largest absolute Gasteiger partial charge is 0.490 e. The first-order chi connectivity index (χ1) is 11.4. The van der Waals surface area contributed by atoms with Gasteiger partial charge in [-0.05, 0) is 39.8 Å². The van der Waals surface area contributed by atoms with Crippen molar-refractivity contribution in [1.29, 1.82) is 0 Å². The fraction of sp³-hybridized carbons (Fsp3) is 0.529. The van der Waals surface area contributed by atoms with E-state index in [4.69, 9.17) is 14.6 Å². The van der Waals surface area contributed by atoms with Crippen LogP contribution in [0.15, 0.2) is 18.2 Å². The Hall–Kier alpha value is -2.28. The second-order valence-electron chi connectivity index (χ2n) is 5.47. The van der Waals surface area contributed by atoms with Crippen LogP contribution >= 0.6 is 0 Å². The van der Waals surface area contributed by atoms with Crippen LogP contribution in [-0.2, 0) is 9.59 Å². The highest BCUT2D eigenvalue weighted by Gasteiger charge is 2.17. The molecule has 0 saturated heterocycles. The number of carbonyl (C=O) groups is 2. The zero-order valence-electron chi connectivity index (χ0n) is 14.7. The van der Waals surface area contributed by atoms with Crippen LogP contribution in [0.5, 0.6) is 11.5 Å². The van der Waals surface area contributed by atoms with Crippen molar-refractivity contribution < 1.29 is 24.2 Å². The molecule has 0 spiro atoms. The number of ether oxygens (including phenoxy) is 2. The van der Waals surface area contributed by atoms with Gasteiger partial charge in [0, 0.05) is 17.8 Å². The van der Waals surface area contributed by atoms with E-state index in [1.807, 2.05) is 27.7 Å². The maximum absolute atomic E-state index is 12.2. The second kappa shape index (κ2) is 9.77. The molecule has 0 aliphatic rings. The average Bonchev–Trinajstić information content (AvgIpc) is 2.49. The highest BCUT2D eigenvalue weighted by atomic mass is 16.5. The minimum absolute atomic E-state index is 0.00114. The van der Waals surface area contributed by atoms with Crippen molar-refractivity contribution in [3.05, 3.63) is 18.2 Å². The Morgan fingerprint density at radius 3 is 2.29 bits per heavy atom. The van der Waals surface area contributed by atoms with Gasteiger partial charge in [0.25, 0.3) is 0 Å². The summed E-state index contributed by atoms with van der Waals surface area (Å²) >= 11 is 0. The Kier molecular flexibility index (Phi) is 8.05. The summed E-state index contributed by atoms with van der Waals surface area (Å²) in [5, 5.41) is 11.7. The molecule has 0 aromatic heterocycles. The summed E-state index contributed by atoms with van der Waals surface area (Å²) in [5.41, 5.74) is 0.575. The number of aliphatic carboxylic acids is 1. The van der Waals surface area contributed by atoms with Crippen LogP contribution in [0.3, 0.4) is 0 Å². The first kappa shape index (κ1) is 19.8. The third kappa shape index (κ3) is 6.45. The van der Waals surface area contributed by atoms with Crippen molar-refractivity contribution >= 4 is 17.6 Å². The van der Waals surface area contributed by atoms with E-state index in [0.717, 1.165) is 0 Å². The number of amides is 1. The van der Waals surface area contributed by atoms with Gasteiger partial charge in [0.15, 0.2) is 11.5 Å². The highest BCUT2D eigenvalue weighted by Crippen LogP contribution is 2.30. The van der Waals surface area contributed by atoms with Gasteiger partial charge in [0.2, 0.25) is 5.91 Å². The Morgan fingerprint density at radius 1 is 1.12 bits per heavy atom. The first-order valence-corrected chi connectivity index (χ1v) is 8.02. The molecule has 2 N–H and O–H groups in total. The monoisotopic (exact) mass is 338 g/mol. The van der Waals surface area contributed by atoms with Crippen molar-refractivity contribution in [2.75, 3.05) is 31.6 Å². The lowest BCUT2D eigenvalue weighted by Gasteiger charge is -2.23. The Labute approximate surface area is 142 Å². The summed E-state index contributed by atoms with van der Waals surface area (Å²) in [6.45, 7) is 8.27. The van der Waals surface area contributed by atoms with Crippen molar-refractivity contribution in [1.82, 2.24) is 4.90 Å². The zero-order chi connectivity index (χ0) is 18.1. The molecule has 134 valence electrons. The van der Waals surface area contributed by atoms with Gasteiger partial charge in [-0.2, -0.15) is 0 Å². The molecule has 7 heteroatoms. The predicted octanol–water partition coefficient (Wildman–Crippen LogP) is 2.22. The molecule has 1 rings (SSSR count). The Morgan fingerprint density at radius 2 is 1.75 bits per heavy atom. The molecule has 0 unspecified atom stereocenters. The second-order valence-corrected chi connectivity index (χ2v) is 5.47. The number of hydrogen-bond acceptors (Lipinski definition) is 5. The summed E-state index contributed by atoms with van der Waals surface area (Å²) in [6, 6.07) is 5.11. The number of carboxylic acids is 1. The molecule has 0 saturated carbocycles. The van der Waals surface area contributed by atoms with E-state index in [-0.39, 0.29) is 25.0 Å². The van der Waals surface area contributed by atoms with Crippen LogP contribution in [0.25, 0.3) is 0 Å². The summed E-state index contributed by atoms with van der Waals surface area (Å²) in [5.74, 6) is -0.0665. The van der Waals surface area contributed by atoms with Crippen molar-refractivity contribution in [3.8, 4) is 11.5 Å². The lowest BCUT2D eigenvalue weighted by atomic mass is 10.2.